The Balaban J connectivity index is 1.52. The largest absolute Gasteiger partial charge is 0.465 e. The van der Waals surface area contributed by atoms with Gasteiger partial charge in [-0.3, -0.25) is 4.98 Å². The van der Waals surface area contributed by atoms with Crippen LogP contribution in [0.15, 0.2) is 18.6 Å². The molecule has 166 valence electrons. The molecule has 1 saturated heterocycles. The molecule has 1 aliphatic heterocycles. The molecule has 2 aromatic heterocycles. The summed E-state index contributed by atoms with van der Waals surface area (Å²) in [5.41, 5.74) is 0.854. The predicted molar refractivity (Wildman–Crippen MR) is 115 cm³/mol. The lowest BCUT2D eigenvalue weighted by Crippen LogP contribution is -2.50. The lowest BCUT2D eigenvalue weighted by Gasteiger charge is -2.39. The zero-order valence-corrected chi connectivity index (χ0v) is 18.5. The van der Waals surface area contributed by atoms with E-state index in [-0.39, 0.29) is 18.2 Å². The Bertz CT molecular complexity index is 978. The average Bonchev–Trinajstić information content (AvgIpc) is 3.57. The lowest BCUT2D eigenvalue weighted by molar-refractivity contribution is 0.0113. The molecule has 1 saturated carbocycles. The summed E-state index contributed by atoms with van der Waals surface area (Å²) in [5.74, 6) is 0.213. The van der Waals surface area contributed by atoms with Crippen molar-refractivity contribution < 1.29 is 19.1 Å². The second-order valence-corrected chi connectivity index (χ2v) is 9.08. The van der Waals surface area contributed by atoms with E-state index in [0.717, 1.165) is 38.8 Å². The first-order valence-electron chi connectivity index (χ1n) is 10.7. The zero-order valence-electron chi connectivity index (χ0n) is 18.5. The fourth-order valence-electron chi connectivity index (χ4n) is 4.06. The number of hydrogen-bond acceptors (Lipinski definition) is 8. The molecule has 1 aliphatic carbocycles. The highest BCUT2D eigenvalue weighted by Gasteiger charge is 2.41. The topological polar surface area (TPSA) is 97.8 Å². The standard InChI is InChI=1S/C22H29N5O4/c1-22(2,3)31-21(29)27(14-5-6-14)15-7-11-26(12-8-15)19-18-17(23-9-10-24-18)16(13-25-19)20(28)30-4/h9-10,13-15H,5-8,11-12H2,1-4H3. The number of methoxy groups -OCH3 is 1. The second-order valence-electron chi connectivity index (χ2n) is 9.08. The van der Waals surface area contributed by atoms with Crippen molar-refractivity contribution in [3.05, 3.63) is 24.2 Å². The number of piperidine rings is 1. The van der Waals surface area contributed by atoms with Gasteiger partial charge in [0.25, 0.3) is 0 Å². The van der Waals surface area contributed by atoms with Gasteiger partial charge in [-0.05, 0) is 46.5 Å². The number of hydrogen-bond donors (Lipinski definition) is 0. The van der Waals surface area contributed by atoms with Crippen LogP contribution >= 0.6 is 0 Å². The van der Waals surface area contributed by atoms with Crippen molar-refractivity contribution in [1.82, 2.24) is 19.9 Å². The SMILES string of the molecule is COC(=O)c1cnc(N2CCC(N(C(=O)OC(C)(C)C)C3CC3)CC2)c2nccnc12. The van der Waals surface area contributed by atoms with E-state index in [9.17, 15) is 9.59 Å². The molecule has 2 aliphatic rings. The van der Waals surface area contributed by atoms with E-state index in [2.05, 4.69) is 19.9 Å². The van der Waals surface area contributed by atoms with Gasteiger partial charge in [-0.1, -0.05) is 0 Å². The highest BCUT2D eigenvalue weighted by atomic mass is 16.6. The van der Waals surface area contributed by atoms with Crippen molar-refractivity contribution in [2.45, 2.75) is 64.1 Å². The average molecular weight is 428 g/mol. The van der Waals surface area contributed by atoms with Gasteiger partial charge in [0.2, 0.25) is 0 Å². The molecule has 9 heteroatoms. The summed E-state index contributed by atoms with van der Waals surface area (Å²) in [6.45, 7) is 7.15. The van der Waals surface area contributed by atoms with Gasteiger partial charge in [0.1, 0.15) is 22.2 Å². The van der Waals surface area contributed by atoms with Crippen molar-refractivity contribution in [1.29, 1.82) is 0 Å². The molecular formula is C22H29N5O4. The Morgan fingerprint density at radius 2 is 1.61 bits per heavy atom. The van der Waals surface area contributed by atoms with E-state index in [0.29, 0.717) is 22.4 Å². The summed E-state index contributed by atoms with van der Waals surface area (Å²) < 4.78 is 10.5. The van der Waals surface area contributed by atoms with E-state index >= 15 is 0 Å². The highest BCUT2D eigenvalue weighted by molar-refractivity contribution is 6.03. The van der Waals surface area contributed by atoms with Gasteiger partial charge >= 0.3 is 12.1 Å². The number of amides is 1. The minimum atomic E-state index is -0.506. The molecule has 3 heterocycles. The van der Waals surface area contributed by atoms with E-state index in [1.807, 2.05) is 25.7 Å². The molecule has 0 unspecified atom stereocenters. The molecule has 0 atom stereocenters. The fraction of sp³-hybridized carbons (Fsp3) is 0.591. The number of esters is 1. The Labute approximate surface area is 181 Å². The minimum Gasteiger partial charge on any atom is -0.465 e. The van der Waals surface area contributed by atoms with Crippen LogP contribution in [-0.4, -0.2) is 69.8 Å². The van der Waals surface area contributed by atoms with Gasteiger partial charge in [0.05, 0.1) is 7.11 Å². The number of pyridine rings is 1. The zero-order chi connectivity index (χ0) is 22.2. The lowest BCUT2D eigenvalue weighted by atomic mass is 10.0. The highest BCUT2D eigenvalue weighted by Crippen LogP contribution is 2.34. The van der Waals surface area contributed by atoms with Gasteiger partial charge < -0.3 is 19.3 Å². The van der Waals surface area contributed by atoms with Gasteiger partial charge in [0.15, 0.2) is 5.82 Å². The molecule has 0 bridgehead atoms. The van der Waals surface area contributed by atoms with Crippen molar-refractivity contribution in [3.8, 4) is 0 Å². The Morgan fingerprint density at radius 3 is 2.19 bits per heavy atom. The fourth-order valence-corrected chi connectivity index (χ4v) is 4.06. The number of rotatable bonds is 4. The van der Waals surface area contributed by atoms with Crippen LogP contribution in [0.25, 0.3) is 11.0 Å². The molecule has 0 radical (unpaired) electrons. The number of nitrogens with zero attached hydrogens (tertiary/aromatic N) is 5. The molecule has 1 amide bonds. The van der Waals surface area contributed by atoms with Crippen molar-refractivity contribution >= 4 is 28.9 Å². The molecule has 2 fully saturated rings. The second kappa shape index (κ2) is 8.28. The van der Waals surface area contributed by atoms with Crippen molar-refractivity contribution in [3.63, 3.8) is 0 Å². The van der Waals surface area contributed by atoms with Gasteiger partial charge in [-0.25, -0.2) is 19.6 Å². The molecule has 9 nitrogen and oxygen atoms in total. The molecule has 31 heavy (non-hydrogen) atoms. The third-order valence-corrected chi connectivity index (χ3v) is 5.59. The summed E-state index contributed by atoms with van der Waals surface area (Å²) in [6, 6.07) is 0.431. The van der Waals surface area contributed by atoms with E-state index in [4.69, 9.17) is 9.47 Å². The number of fused-ring (bicyclic) bond motifs is 1. The number of ether oxygens (including phenoxy) is 2. The maximum Gasteiger partial charge on any atom is 0.410 e. The van der Waals surface area contributed by atoms with Gasteiger partial charge in [-0.15, -0.1) is 0 Å². The van der Waals surface area contributed by atoms with Crippen LogP contribution < -0.4 is 4.90 Å². The van der Waals surface area contributed by atoms with E-state index < -0.39 is 11.6 Å². The Kier molecular flexibility index (Phi) is 5.68. The summed E-state index contributed by atoms with van der Waals surface area (Å²) in [4.78, 5) is 42.3. The summed E-state index contributed by atoms with van der Waals surface area (Å²) >= 11 is 0. The quantitative estimate of drug-likeness (QED) is 0.686. The maximum atomic E-state index is 12.8. The van der Waals surface area contributed by atoms with Crippen LogP contribution in [0, 0.1) is 0 Å². The van der Waals surface area contributed by atoms with Crippen LogP contribution in [0.5, 0.6) is 0 Å². The van der Waals surface area contributed by atoms with Crippen LogP contribution in [0.4, 0.5) is 10.6 Å². The van der Waals surface area contributed by atoms with Crippen LogP contribution in [-0.2, 0) is 9.47 Å². The van der Waals surface area contributed by atoms with Crippen LogP contribution in [0.2, 0.25) is 0 Å². The number of anilines is 1. The van der Waals surface area contributed by atoms with Crippen LogP contribution in [0.1, 0.15) is 56.8 Å². The molecular weight excluding hydrogens is 398 g/mol. The normalized spacial score (nSPS) is 17.5. The van der Waals surface area contributed by atoms with Crippen molar-refractivity contribution in [2.75, 3.05) is 25.1 Å². The minimum absolute atomic E-state index is 0.144. The molecule has 2 aromatic rings. The monoisotopic (exact) mass is 427 g/mol. The smallest absolute Gasteiger partial charge is 0.410 e. The predicted octanol–water partition coefficient (Wildman–Crippen LogP) is 3.18. The number of carbonyl (C=O) groups is 2. The van der Waals surface area contributed by atoms with E-state index in [1.54, 1.807) is 12.4 Å². The first-order valence-corrected chi connectivity index (χ1v) is 10.7. The van der Waals surface area contributed by atoms with Crippen LogP contribution in [0.3, 0.4) is 0 Å². The number of carbonyl (C=O) groups excluding carboxylic acids is 2. The molecule has 0 spiro atoms. The summed E-state index contributed by atoms with van der Waals surface area (Å²) in [7, 11) is 1.33. The first kappa shape index (κ1) is 21.3. The first-order chi connectivity index (χ1) is 14.8. The molecule has 0 N–H and O–H groups in total. The van der Waals surface area contributed by atoms with E-state index in [1.165, 1.54) is 13.3 Å². The Morgan fingerprint density at radius 1 is 1.00 bits per heavy atom. The maximum absolute atomic E-state index is 12.8. The van der Waals surface area contributed by atoms with Crippen molar-refractivity contribution in [2.24, 2.45) is 0 Å². The van der Waals surface area contributed by atoms with Gasteiger partial charge in [0, 0.05) is 43.8 Å². The summed E-state index contributed by atoms with van der Waals surface area (Å²) in [5, 5.41) is 0. The molecule has 0 aromatic carbocycles. The third-order valence-electron chi connectivity index (χ3n) is 5.59. The molecule has 4 rings (SSSR count). The summed E-state index contributed by atoms with van der Waals surface area (Å²) in [6.07, 6.45) is 8.15. The van der Waals surface area contributed by atoms with Gasteiger partial charge in [-0.2, -0.15) is 0 Å². The Hall–Kier alpha value is -2.97. The third kappa shape index (κ3) is 4.55. The number of aromatic nitrogens is 3.